The normalized spacial score (nSPS) is 15.3. The predicted molar refractivity (Wildman–Crippen MR) is 116 cm³/mol. The molecule has 1 amide bonds. The molecule has 0 radical (unpaired) electrons. The van der Waals surface area contributed by atoms with Crippen molar-refractivity contribution in [2.75, 3.05) is 35.4 Å². The van der Waals surface area contributed by atoms with Gasteiger partial charge in [0.05, 0.1) is 10.6 Å². The molecule has 1 aliphatic rings. The molecule has 0 spiro atoms. The Bertz CT molecular complexity index is 976. The minimum Gasteiger partial charge on any atom is -0.341 e. The van der Waals surface area contributed by atoms with Crippen LogP contribution in [0.4, 0.5) is 5.69 Å². The molecule has 6 nitrogen and oxygen atoms in total. The number of hydrogen-bond donors (Lipinski definition) is 0. The summed E-state index contributed by atoms with van der Waals surface area (Å²) >= 11 is 0. The number of anilines is 1. The Labute approximate surface area is 175 Å². The van der Waals surface area contributed by atoms with Gasteiger partial charge in [0, 0.05) is 48.4 Å². The molecule has 0 unspecified atom stereocenters. The van der Waals surface area contributed by atoms with Crippen LogP contribution < -0.4 is 4.31 Å². The first kappa shape index (κ1) is 21.5. The first-order chi connectivity index (χ1) is 13.8. The molecule has 0 aliphatic carbocycles. The molecule has 1 fully saturated rings. The summed E-state index contributed by atoms with van der Waals surface area (Å²) in [5.74, 6) is 0.849. The summed E-state index contributed by atoms with van der Waals surface area (Å²) in [6, 6.07) is 13.9. The van der Waals surface area contributed by atoms with E-state index in [0.717, 1.165) is 11.1 Å². The van der Waals surface area contributed by atoms with E-state index in [1.165, 1.54) is 4.31 Å². The highest BCUT2D eigenvalue weighted by molar-refractivity contribution is 7.92. The number of rotatable bonds is 6. The molecule has 2 aromatic rings. The van der Waals surface area contributed by atoms with Gasteiger partial charge in [0.25, 0.3) is 10.0 Å². The topological polar surface area (TPSA) is 74.8 Å². The van der Waals surface area contributed by atoms with E-state index < -0.39 is 20.8 Å². The van der Waals surface area contributed by atoms with Crippen LogP contribution in [-0.2, 0) is 25.6 Å². The Kier molecular flexibility index (Phi) is 6.74. The summed E-state index contributed by atoms with van der Waals surface area (Å²) in [6.45, 7) is 4.81. The van der Waals surface area contributed by atoms with Crippen LogP contribution in [0.3, 0.4) is 0 Å². The van der Waals surface area contributed by atoms with Gasteiger partial charge in [-0.1, -0.05) is 35.4 Å². The van der Waals surface area contributed by atoms with Gasteiger partial charge >= 0.3 is 0 Å². The average molecular weight is 435 g/mol. The molecule has 3 rings (SSSR count). The van der Waals surface area contributed by atoms with Crippen molar-refractivity contribution in [1.29, 1.82) is 0 Å². The van der Waals surface area contributed by atoms with Crippen LogP contribution in [0, 0.1) is 13.8 Å². The summed E-state index contributed by atoms with van der Waals surface area (Å²) in [4.78, 5) is 14.5. The minimum absolute atomic E-state index is 0.0533. The Morgan fingerprint density at radius 3 is 2.03 bits per heavy atom. The molecule has 1 saturated heterocycles. The number of amides is 1. The number of hydrogen-bond acceptors (Lipinski definition) is 4. The summed E-state index contributed by atoms with van der Waals surface area (Å²) < 4.78 is 39.5. The van der Waals surface area contributed by atoms with E-state index in [2.05, 4.69) is 0 Å². The number of aryl methyl sites for hydroxylation is 2. The fraction of sp³-hybridized carbons (Fsp3) is 0.381. The van der Waals surface area contributed by atoms with E-state index in [4.69, 9.17) is 0 Å². The molecular weight excluding hydrogens is 408 g/mol. The van der Waals surface area contributed by atoms with Crippen molar-refractivity contribution in [3.05, 3.63) is 59.7 Å². The zero-order valence-corrected chi connectivity index (χ0v) is 18.3. The monoisotopic (exact) mass is 434 g/mol. The molecular formula is C21H26N2O4S2. The molecule has 1 heterocycles. The van der Waals surface area contributed by atoms with Crippen molar-refractivity contribution >= 4 is 32.4 Å². The zero-order chi connectivity index (χ0) is 21.0. The van der Waals surface area contributed by atoms with Crippen molar-refractivity contribution in [2.24, 2.45) is 0 Å². The van der Waals surface area contributed by atoms with Crippen LogP contribution in [0.2, 0.25) is 0 Å². The molecule has 0 saturated carbocycles. The van der Waals surface area contributed by atoms with Crippen molar-refractivity contribution in [3.8, 4) is 0 Å². The summed E-state index contributed by atoms with van der Waals surface area (Å²) in [7, 11) is -4.67. The van der Waals surface area contributed by atoms with E-state index in [1.807, 2.05) is 26.0 Å². The second kappa shape index (κ2) is 9.09. The lowest BCUT2D eigenvalue weighted by Crippen LogP contribution is -2.43. The van der Waals surface area contributed by atoms with Crippen LogP contribution in [0.5, 0.6) is 0 Å². The molecule has 2 aromatic carbocycles. The third kappa shape index (κ3) is 5.25. The van der Waals surface area contributed by atoms with Crippen molar-refractivity contribution in [3.63, 3.8) is 0 Å². The van der Waals surface area contributed by atoms with E-state index in [0.29, 0.717) is 30.3 Å². The molecule has 0 atom stereocenters. The summed E-state index contributed by atoms with van der Waals surface area (Å²) in [6.07, 6.45) is 0.0750. The Morgan fingerprint density at radius 1 is 0.966 bits per heavy atom. The lowest BCUT2D eigenvalue weighted by molar-refractivity contribution is -0.130. The van der Waals surface area contributed by atoms with Gasteiger partial charge in [-0.3, -0.25) is 13.3 Å². The van der Waals surface area contributed by atoms with Crippen molar-refractivity contribution < 1.29 is 17.4 Å². The van der Waals surface area contributed by atoms with Crippen molar-refractivity contribution in [2.45, 2.75) is 25.2 Å². The maximum Gasteiger partial charge on any atom is 0.264 e. The summed E-state index contributed by atoms with van der Waals surface area (Å²) in [5.41, 5.74) is 2.53. The zero-order valence-electron chi connectivity index (χ0n) is 16.7. The number of carbonyl (C=O) groups is 1. The van der Waals surface area contributed by atoms with Crippen LogP contribution in [-0.4, -0.2) is 54.6 Å². The van der Waals surface area contributed by atoms with Gasteiger partial charge in [-0.2, -0.15) is 0 Å². The van der Waals surface area contributed by atoms with Gasteiger partial charge < -0.3 is 4.90 Å². The average Bonchev–Trinajstić information content (AvgIpc) is 2.70. The van der Waals surface area contributed by atoms with Crippen LogP contribution in [0.15, 0.2) is 53.4 Å². The quantitative estimate of drug-likeness (QED) is 0.700. The second-order valence-electron chi connectivity index (χ2n) is 7.20. The highest BCUT2D eigenvalue weighted by Gasteiger charge is 2.27. The second-order valence-corrected chi connectivity index (χ2v) is 10.8. The lowest BCUT2D eigenvalue weighted by Gasteiger charge is -2.29. The van der Waals surface area contributed by atoms with Gasteiger partial charge in [0.2, 0.25) is 5.91 Å². The number of sulfonamides is 1. The van der Waals surface area contributed by atoms with Gasteiger partial charge in [-0.25, -0.2) is 8.42 Å². The third-order valence-electron chi connectivity index (χ3n) is 4.99. The molecule has 0 aromatic heterocycles. The van der Waals surface area contributed by atoms with Crippen molar-refractivity contribution in [1.82, 2.24) is 4.90 Å². The van der Waals surface area contributed by atoms with E-state index in [-0.39, 0.29) is 23.8 Å². The van der Waals surface area contributed by atoms with Crippen LogP contribution in [0.25, 0.3) is 0 Å². The van der Waals surface area contributed by atoms with Gasteiger partial charge in [0.15, 0.2) is 0 Å². The van der Waals surface area contributed by atoms with E-state index in [1.54, 1.807) is 41.3 Å². The first-order valence-corrected chi connectivity index (χ1v) is 12.5. The highest BCUT2D eigenvalue weighted by atomic mass is 32.2. The fourth-order valence-electron chi connectivity index (χ4n) is 3.18. The van der Waals surface area contributed by atoms with Gasteiger partial charge in [0.1, 0.15) is 0 Å². The predicted octanol–water partition coefficient (Wildman–Crippen LogP) is 2.48. The largest absolute Gasteiger partial charge is 0.341 e. The Hall–Kier alpha value is -2.19. The highest BCUT2D eigenvalue weighted by Crippen LogP contribution is 2.25. The third-order valence-corrected chi connectivity index (χ3v) is 8.11. The SMILES string of the molecule is Cc1ccc(N(CCC(=O)N2CCS(=O)CC2)S(=O)(=O)c2ccc(C)cc2)cc1. The lowest BCUT2D eigenvalue weighted by atomic mass is 10.2. The maximum absolute atomic E-state index is 13.3. The van der Waals surface area contributed by atoms with E-state index in [9.17, 15) is 17.4 Å². The summed E-state index contributed by atoms with van der Waals surface area (Å²) in [5, 5.41) is 0. The molecule has 29 heavy (non-hydrogen) atoms. The fourth-order valence-corrected chi connectivity index (χ4v) is 5.70. The molecule has 0 N–H and O–H groups in total. The van der Waals surface area contributed by atoms with Crippen LogP contribution >= 0.6 is 0 Å². The maximum atomic E-state index is 13.3. The first-order valence-electron chi connectivity index (χ1n) is 9.56. The van der Waals surface area contributed by atoms with Gasteiger partial charge in [-0.15, -0.1) is 0 Å². The Morgan fingerprint density at radius 2 is 1.48 bits per heavy atom. The molecule has 0 bridgehead atoms. The molecule has 156 valence electrons. The van der Waals surface area contributed by atoms with Gasteiger partial charge in [-0.05, 0) is 38.1 Å². The molecule has 8 heteroatoms. The minimum atomic E-state index is -3.80. The standard InChI is InChI=1S/C21H26N2O4S2/c1-17-3-7-19(8-4-17)23(29(26,27)20-9-5-18(2)6-10-20)12-11-21(24)22-13-15-28(25)16-14-22/h3-10H,11-16H2,1-2H3. The number of nitrogens with zero attached hydrogens (tertiary/aromatic N) is 2. The number of benzene rings is 2. The Balaban J connectivity index is 1.83. The van der Waals surface area contributed by atoms with E-state index >= 15 is 0 Å². The smallest absolute Gasteiger partial charge is 0.264 e. The van der Waals surface area contributed by atoms with Crippen LogP contribution in [0.1, 0.15) is 17.5 Å². The molecule has 1 aliphatic heterocycles. The number of carbonyl (C=O) groups excluding carboxylic acids is 1.